The standard InChI is InChI=1S/C22H23N3O3/c1-24(17-9-4-3-5-10-17)16-21(26)25(2)20-13-7-6-12-19(20)22(27)23-15-18-11-8-14-28-18/h3-14H,15-16H2,1-2H3,(H,23,27). The molecule has 0 saturated carbocycles. The number of carbonyl (C=O) groups excluding carboxylic acids is 2. The predicted molar refractivity (Wildman–Crippen MR) is 109 cm³/mol. The topological polar surface area (TPSA) is 65.8 Å². The van der Waals surface area contributed by atoms with Gasteiger partial charge in [-0.2, -0.15) is 0 Å². The molecule has 28 heavy (non-hydrogen) atoms. The zero-order valence-corrected chi connectivity index (χ0v) is 16.0. The monoisotopic (exact) mass is 377 g/mol. The average molecular weight is 377 g/mol. The lowest BCUT2D eigenvalue weighted by atomic mass is 10.1. The fourth-order valence-electron chi connectivity index (χ4n) is 2.85. The lowest BCUT2D eigenvalue weighted by molar-refractivity contribution is -0.117. The van der Waals surface area contributed by atoms with Crippen LogP contribution in [-0.4, -0.2) is 32.5 Å². The molecule has 2 amide bonds. The highest BCUT2D eigenvalue weighted by Crippen LogP contribution is 2.20. The summed E-state index contributed by atoms with van der Waals surface area (Å²) < 4.78 is 5.24. The lowest BCUT2D eigenvalue weighted by Gasteiger charge is -2.24. The normalized spacial score (nSPS) is 10.4. The molecule has 3 rings (SSSR count). The lowest BCUT2D eigenvalue weighted by Crippen LogP contribution is -2.38. The highest BCUT2D eigenvalue weighted by molar-refractivity contribution is 6.05. The maximum atomic E-state index is 12.8. The number of hydrogen-bond donors (Lipinski definition) is 1. The summed E-state index contributed by atoms with van der Waals surface area (Å²) in [4.78, 5) is 28.8. The Bertz CT molecular complexity index is 923. The van der Waals surface area contributed by atoms with Crippen molar-refractivity contribution < 1.29 is 14.0 Å². The molecule has 0 aliphatic carbocycles. The largest absolute Gasteiger partial charge is 0.467 e. The predicted octanol–water partition coefficient (Wildman–Crippen LogP) is 3.31. The minimum Gasteiger partial charge on any atom is -0.467 e. The first-order valence-electron chi connectivity index (χ1n) is 8.98. The first-order chi connectivity index (χ1) is 13.6. The van der Waals surface area contributed by atoms with Crippen LogP contribution in [0.5, 0.6) is 0 Å². The van der Waals surface area contributed by atoms with Crippen LogP contribution in [0.15, 0.2) is 77.4 Å². The fraction of sp³-hybridized carbons (Fsp3) is 0.182. The first kappa shape index (κ1) is 19.2. The van der Waals surface area contributed by atoms with Gasteiger partial charge in [-0.25, -0.2) is 0 Å². The number of nitrogens with zero attached hydrogens (tertiary/aromatic N) is 2. The SMILES string of the molecule is CN(CC(=O)N(C)c1ccccc1C(=O)NCc1ccco1)c1ccccc1. The summed E-state index contributed by atoms with van der Waals surface area (Å²) in [5.41, 5.74) is 1.95. The Hall–Kier alpha value is -3.54. The zero-order chi connectivity index (χ0) is 19.9. The molecule has 1 heterocycles. The number of anilines is 2. The molecule has 0 spiro atoms. The van der Waals surface area contributed by atoms with E-state index in [-0.39, 0.29) is 24.9 Å². The number of benzene rings is 2. The molecule has 0 atom stereocenters. The molecule has 0 radical (unpaired) electrons. The van der Waals surface area contributed by atoms with Crippen LogP contribution < -0.4 is 15.1 Å². The summed E-state index contributed by atoms with van der Waals surface area (Å²) in [5.74, 6) is 0.292. The van der Waals surface area contributed by atoms with Gasteiger partial charge in [0.25, 0.3) is 5.91 Å². The number of amides is 2. The van der Waals surface area contributed by atoms with Crippen molar-refractivity contribution in [3.63, 3.8) is 0 Å². The molecule has 0 bridgehead atoms. The Morgan fingerprint density at radius 1 is 0.929 bits per heavy atom. The van der Waals surface area contributed by atoms with Crippen molar-refractivity contribution >= 4 is 23.2 Å². The number of rotatable bonds is 7. The van der Waals surface area contributed by atoms with Crippen molar-refractivity contribution in [3.05, 3.63) is 84.3 Å². The molecule has 0 saturated heterocycles. The van der Waals surface area contributed by atoms with Gasteiger partial charge in [0.2, 0.25) is 5.91 Å². The number of hydrogen-bond acceptors (Lipinski definition) is 4. The minimum atomic E-state index is -0.261. The van der Waals surface area contributed by atoms with E-state index in [9.17, 15) is 9.59 Å². The first-order valence-corrected chi connectivity index (χ1v) is 8.98. The zero-order valence-electron chi connectivity index (χ0n) is 16.0. The van der Waals surface area contributed by atoms with Crippen molar-refractivity contribution in [3.8, 4) is 0 Å². The second-order valence-electron chi connectivity index (χ2n) is 6.42. The molecule has 0 fully saturated rings. The Morgan fingerprint density at radius 3 is 2.36 bits per heavy atom. The van der Waals surface area contributed by atoms with Crippen molar-refractivity contribution in [1.82, 2.24) is 5.32 Å². The molecule has 0 unspecified atom stereocenters. The third kappa shape index (κ3) is 4.59. The van der Waals surface area contributed by atoms with Gasteiger partial charge in [-0.1, -0.05) is 30.3 Å². The molecule has 0 aliphatic heterocycles. The molecule has 6 nitrogen and oxygen atoms in total. The quantitative estimate of drug-likeness (QED) is 0.686. The Kier molecular flexibility index (Phi) is 6.11. The summed E-state index contributed by atoms with van der Waals surface area (Å²) in [6, 6.07) is 20.3. The average Bonchev–Trinajstić information content (AvgIpc) is 3.25. The summed E-state index contributed by atoms with van der Waals surface area (Å²) in [6.45, 7) is 0.484. The highest BCUT2D eigenvalue weighted by Gasteiger charge is 2.19. The smallest absolute Gasteiger partial charge is 0.253 e. The van der Waals surface area contributed by atoms with E-state index >= 15 is 0 Å². The van der Waals surface area contributed by atoms with Crippen LogP contribution in [0.2, 0.25) is 0 Å². The molecule has 3 aromatic rings. The number of likely N-dealkylation sites (N-methyl/N-ethyl adjacent to an activating group) is 2. The van der Waals surface area contributed by atoms with Gasteiger partial charge < -0.3 is 19.5 Å². The van der Waals surface area contributed by atoms with Gasteiger partial charge in [-0.05, 0) is 36.4 Å². The van der Waals surface area contributed by atoms with E-state index in [0.717, 1.165) is 5.69 Å². The van der Waals surface area contributed by atoms with Crippen LogP contribution in [0.1, 0.15) is 16.1 Å². The molecular formula is C22H23N3O3. The summed E-state index contributed by atoms with van der Waals surface area (Å²) >= 11 is 0. The van der Waals surface area contributed by atoms with Crippen LogP contribution in [0.3, 0.4) is 0 Å². The van der Waals surface area contributed by atoms with Crippen LogP contribution in [-0.2, 0) is 11.3 Å². The second kappa shape index (κ2) is 8.90. The van der Waals surface area contributed by atoms with E-state index in [0.29, 0.717) is 17.0 Å². The van der Waals surface area contributed by atoms with Gasteiger partial charge in [0, 0.05) is 19.8 Å². The van der Waals surface area contributed by atoms with Gasteiger partial charge in [-0.3, -0.25) is 9.59 Å². The van der Waals surface area contributed by atoms with Crippen molar-refractivity contribution in [2.24, 2.45) is 0 Å². The van der Waals surface area contributed by atoms with Gasteiger partial charge >= 0.3 is 0 Å². The molecule has 6 heteroatoms. The number of para-hydroxylation sites is 2. The number of carbonyl (C=O) groups is 2. The van der Waals surface area contributed by atoms with E-state index in [1.54, 1.807) is 43.6 Å². The third-order valence-corrected chi connectivity index (χ3v) is 4.46. The molecule has 1 aromatic heterocycles. The van der Waals surface area contributed by atoms with Gasteiger partial charge in [0.1, 0.15) is 5.76 Å². The van der Waals surface area contributed by atoms with Crippen molar-refractivity contribution in [2.45, 2.75) is 6.54 Å². The van der Waals surface area contributed by atoms with Crippen LogP contribution in [0.25, 0.3) is 0 Å². The molecule has 2 aromatic carbocycles. The summed E-state index contributed by atoms with van der Waals surface area (Å²) in [7, 11) is 3.54. The summed E-state index contributed by atoms with van der Waals surface area (Å²) in [6.07, 6.45) is 1.56. The third-order valence-electron chi connectivity index (χ3n) is 4.46. The van der Waals surface area contributed by atoms with Crippen molar-refractivity contribution in [2.75, 3.05) is 30.4 Å². The van der Waals surface area contributed by atoms with Gasteiger partial charge in [0.05, 0.1) is 30.6 Å². The molecule has 144 valence electrons. The maximum Gasteiger partial charge on any atom is 0.253 e. The van der Waals surface area contributed by atoms with Gasteiger partial charge in [-0.15, -0.1) is 0 Å². The van der Waals surface area contributed by atoms with Crippen LogP contribution >= 0.6 is 0 Å². The Morgan fingerprint density at radius 2 is 1.64 bits per heavy atom. The van der Waals surface area contributed by atoms with E-state index in [1.165, 1.54) is 4.90 Å². The Balaban J connectivity index is 1.70. The summed E-state index contributed by atoms with van der Waals surface area (Å²) in [5, 5.41) is 2.82. The highest BCUT2D eigenvalue weighted by atomic mass is 16.3. The number of furan rings is 1. The maximum absolute atomic E-state index is 12.8. The minimum absolute atomic E-state index is 0.113. The van der Waals surface area contributed by atoms with E-state index in [1.807, 2.05) is 48.3 Å². The fourth-order valence-corrected chi connectivity index (χ4v) is 2.85. The molecule has 0 aliphatic rings. The number of nitrogens with one attached hydrogen (secondary N) is 1. The second-order valence-corrected chi connectivity index (χ2v) is 6.42. The van der Waals surface area contributed by atoms with Crippen molar-refractivity contribution in [1.29, 1.82) is 0 Å². The molecular weight excluding hydrogens is 354 g/mol. The van der Waals surface area contributed by atoms with E-state index < -0.39 is 0 Å². The molecule has 1 N–H and O–H groups in total. The van der Waals surface area contributed by atoms with Gasteiger partial charge in [0.15, 0.2) is 0 Å². The Labute approximate surface area is 164 Å². The van der Waals surface area contributed by atoms with E-state index in [2.05, 4.69) is 5.32 Å². The van der Waals surface area contributed by atoms with Crippen LogP contribution in [0, 0.1) is 0 Å². The van der Waals surface area contributed by atoms with Crippen LogP contribution in [0.4, 0.5) is 11.4 Å². The van der Waals surface area contributed by atoms with E-state index in [4.69, 9.17) is 4.42 Å².